The Hall–Kier alpha value is -4.65. The summed E-state index contributed by atoms with van der Waals surface area (Å²) in [5, 5.41) is 1.21. The minimum absolute atomic E-state index is 0.162. The molecule has 0 N–H and O–H groups in total. The lowest BCUT2D eigenvalue weighted by Crippen LogP contribution is -2.10. The number of fused-ring (bicyclic) bond motifs is 2. The summed E-state index contributed by atoms with van der Waals surface area (Å²) in [6, 6.07) is 21.3. The molecule has 5 rings (SSSR count). The van der Waals surface area contributed by atoms with E-state index in [1.54, 1.807) is 54.6 Å². The van der Waals surface area contributed by atoms with Crippen LogP contribution < -0.4 is 20.7 Å². The highest BCUT2D eigenvalue weighted by Gasteiger charge is 2.17. The molecule has 5 aromatic rings. The molecule has 162 valence electrons. The second-order valence-electron chi connectivity index (χ2n) is 7.21. The van der Waals surface area contributed by atoms with Crippen LogP contribution in [-0.2, 0) is 0 Å². The molecular formula is C26H16O7. The molecule has 0 unspecified atom stereocenters. The van der Waals surface area contributed by atoms with E-state index in [1.165, 1.54) is 19.2 Å². The van der Waals surface area contributed by atoms with Crippen LogP contribution in [0.25, 0.3) is 33.1 Å². The van der Waals surface area contributed by atoms with Gasteiger partial charge >= 0.3 is 17.2 Å². The smallest absolute Gasteiger partial charge is 0.347 e. The summed E-state index contributed by atoms with van der Waals surface area (Å²) in [6.07, 6.45) is 0. The first kappa shape index (κ1) is 20.3. The monoisotopic (exact) mass is 440 g/mol. The summed E-state index contributed by atoms with van der Waals surface area (Å²) >= 11 is 0. The number of carbonyl (C=O) groups excluding carboxylic acids is 1. The quantitative estimate of drug-likeness (QED) is 0.225. The van der Waals surface area contributed by atoms with Crippen molar-refractivity contribution in [3.8, 4) is 22.6 Å². The standard InChI is InChI=1S/C26H16O7/c1-30-22-9-5-3-7-18(22)25(28)31-16-10-11-17-19(14-24(27)32-23(17)13-16)20-12-15-6-2-4-8-21(15)33-26(20)29/h2-14H,1H3. The molecule has 0 aliphatic heterocycles. The number of rotatable bonds is 4. The van der Waals surface area contributed by atoms with Crippen molar-refractivity contribution in [1.82, 2.24) is 0 Å². The maximum atomic E-state index is 12.6. The van der Waals surface area contributed by atoms with E-state index >= 15 is 0 Å². The molecule has 2 heterocycles. The van der Waals surface area contributed by atoms with E-state index in [-0.39, 0.29) is 22.5 Å². The molecule has 0 saturated carbocycles. The second-order valence-corrected chi connectivity index (χ2v) is 7.21. The van der Waals surface area contributed by atoms with Crippen LogP contribution >= 0.6 is 0 Å². The maximum Gasteiger partial charge on any atom is 0.347 e. The van der Waals surface area contributed by atoms with E-state index in [2.05, 4.69) is 0 Å². The second kappa shape index (κ2) is 8.12. The van der Waals surface area contributed by atoms with Crippen molar-refractivity contribution < 1.29 is 23.1 Å². The number of para-hydroxylation sites is 2. The molecule has 0 aliphatic rings. The van der Waals surface area contributed by atoms with Crippen LogP contribution in [0.1, 0.15) is 10.4 Å². The zero-order valence-corrected chi connectivity index (χ0v) is 17.4. The molecule has 33 heavy (non-hydrogen) atoms. The lowest BCUT2D eigenvalue weighted by Gasteiger charge is -2.10. The predicted octanol–water partition coefficient (Wildman–Crippen LogP) is 4.79. The van der Waals surface area contributed by atoms with Gasteiger partial charge in [0.15, 0.2) is 0 Å². The number of benzene rings is 3. The fraction of sp³-hybridized carbons (Fsp3) is 0.0385. The fourth-order valence-corrected chi connectivity index (χ4v) is 3.65. The Morgan fingerprint density at radius 1 is 0.788 bits per heavy atom. The van der Waals surface area contributed by atoms with Crippen molar-refractivity contribution in [2.75, 3.05) is 7.11 Å². The average molecular weight is 440 g/mol. The Kier molecular flexibility index (Phi) is 4.99. The van der Waals surface area contributed by atoms with Gasteiger partial charge in [0.1, 0.15) is 28.2 Å². The normalized spacial score (nSPS) is 10.9. The average Bonchev–Trinajstić information content (AvgIpc) is 2.82. The first-order valence-electron chi connectivity index (χ1n) is 10.00. The molecule has 0 saturated heterocycles. The van der Waals surface area contributed by atoms with Crippen LogP contribution in [0.4, 0.5) is 0 Å². The topological polar surface area (TPSA) is 96.0 Å². The van der Waals surface area contributed by atoms with Gasteiger partial charge in [0.25, 0.3) is 0 Å². The van der Waals surface area contributed by atoms with Crippen molar-refractivity contribution >= 4 is 27.9 Å². The molecule has 0 spiro atoms. The summed E-state index contributed by atoms with van der Waals surface area (Å²) < 4.78 is 21.4. The zero-order valence-electron chi connectivity index (χ0n) is 17.4. The predicted molar refractivity (Wildman–Crippen MR) is 122 cm³/mol. The Labute approximate surface area is 186 Å². The van der Waals surface area contributed by atoms with E-state index < -0.39 is 17.2 Å². The number of esters is 1. The van der Waals surface area contributed by atoms with Crippen molar-refractivity contribution in [3.63, 3.8) is 0 Å². The lowest BCUT2D eigenvalue weighted by atomic mass is 10.0. The summed E-state index contributed by atoms with van der Waals surface area (Å²) in [7, 11) is 1.46. The van der Waals surface area contributed by atoms with Gasteiger partial charge in [-0.05, 0) is 36.4 Å². The number of carbonyl (C=O) groups is 1. The van der Waals surface area contributed by atoms with Gasteiger partial charge in [0.2, 0.25) is 0 Å². The Balaban J connectivity index is 1.59. The van der Waals surface area contributed by atoms with Crippen molar-refractivity contribution in [2.24, 2.45) is 0 Å². The molecule has 7 heteroatoms. The van der Waals surface area contributed by atoms with Gasteiger partial charge in [0, 0.05) is 28.5 Å². The fourth-order valence-electron chi connectivity index (χ4n) is 3.65. The molecule has 0 atom stereocenters. The molecular weight excluding hydrogens is 424 g/mol. The highest BCUT2D eigenvalue weighted by Crippen LogP contribution is 2.30. The van der Waals surface area contributed by atoms with Crippen molar-refractivity contribution in [2.45, 2.75) is 0 Å². The van der Waals surface area contributed by atoms with E-state index in [4.69, 9.17) is 18.3 Å². The van der Waals surface area contributed by atoms with Crippen LogP contribution in [0.2, 0.25) is 0 Å². The molecule has 0 amide bonds. The van der Waals surface area contributed by atoms with Crippen LogP contribution in [0.15, 0.2) is 97.3 Å². The van der Waals surface area contributed by atoms with Crippen LogP contribution in [0.3, 0.4) is 0 Å². The van der Waals surface area contributed by atoms with Gasteiger partial charge in [-0.3, -0.25) is 0 Å². The van der Waals surface area contributed by atoms with Gasteiger partial charge in [0.05, 0.1) is 12.7 Å². The van der Waals surface area contributed by atoms with Crippen LogP contribution in [0, 0.1) is 0 Å². The highest BCUT2D eigenvalue weighted by molar-refractivity contribution is 5.97. The van der Waals surface area contributed by atoms with Gasteiger partial charge in [-0.1, -0.05) is 30.3 Å². The van der Waals surface area contributed by atoms with Gasteiger partial charge in [-0.2, -0.15) is 0 Å². The maximum absolute atomic E-state index is 12.6. The molecule has 7 nitrogen and oxygen atoms in total. The largest absolute Gasteiger partial charge is 0.496 e. The number of methoxy groups -OCH3 is 1. The minimum Gasteiger partial charge on any atom is -0.496 e. The SMILES string of the molecule is COc1ccccc1C(=O)Oc1ccc2c(-c3cc4ccccc4oc3=O)cc(=O)oc2c1. The zero-order chi connectivity index (χ0) is 22.9. The number of hydrogen-bond acceptors (Lipinski definition) is 7. The third-order valence-electron chi connectivity index (χ3n) is 5.19. The van der Waals surface area contributed by atoms with E-state index in [0.29, 0.717) is 22.3 Å². The summed E-state index contributed by atoms with van der Waals surface area (Å²) in [6.45, 7) is 0. The molecule has 0 radical (unpaired) electrons. The summed E-state index contributed by atoms with van der Waals surface area (Å²) in [5.74, 6) is -0.0788. The third kappa shape index (κ3) is 3.76. The molecule has 0 aliphatic carbocycles. The number of ether oxygens (including phenoxy) is 2. The Morgan fingerprint density at radius 3 is 2.42 bits per heavy atom. The molecule has 2 aromatic heterocycles. The van der Waals surface area contributed by atoms with Crippen molar-refractivity contribution in [3.05, 3.63) is 105 Å². The molecule has 0 fully saturated rings. The lowest BCUT2D eigenvalue weighted by molar-refractivity contribution is 0.0731. The van der Waals surface area contributed by atoms with Gasteiger partial charge in [-0.15, -0.1) is 0 Å². The first-order chi connectivity index (χ1) is 16.0. The minimum atomic E-state index is -0.654. The number of hydrogen-bond donors (Lipinski definition) is 0. The van der Waals surface area contributed by atoms with E-state index in [0.717, 1.165) is 5.39 Å². The molecule has 3 aromatic carbocycles. The van der Waals surface area contributed by atoms with Gasteiger partial charge in [-0.25, -0.2) is 14.4 Å². The Bertz CT molecular complexity index is 1640. The van der Waals surface area contributed by atoms with Crippen LogP contribution in [0.5, 0.6) is 11.5 Å². The van der Waals surface area contributed by atoms with E-state index in [1.807, 2.05) is 12.1 Å². The summed E-state index contributed by atoms with van der Waals surface area (Å²) in [5.41, 5.74) is 0.225. The van der Waals surface area contributed by atoms with Crippen molar-refractivity contribution in [1.29, 1.82) is 0 Å². The highest BCUT2D eigenvalue weighted by atomic mass is 16.5. The first-order valence-corrected chi connectivity index (χ1v) is 10.00. The van der Waals surface area contributed by atoms with Crippen LogP contribution in [-0.4, -0.2) is 13.1 Å². The molecule has 0 bridgehead atoms. The van der Waals surface area contributed by atoms with E-state index in [9.17, 15) is 14.4 Å². The summed E-state index contributed by atoms with van der Waals surface area (Å²) in [4.78, 5) is 37.5. The third-order valence-corrected chi connectivity index (χ3v) is 5.19. The van der Waals surface area contributed by atoms with Gasteiger partial charge < -0.3 is 18.3 Å². The Morgan fingerprint density at radius 2 is 1.58 bits per heavy atom.